The molecule has 0 aromatic heterocycles. The van der Waals surface area contributed by atoms with Crippen molar-refractivity contribution in [1.82, 2.24) is 10.6 Å². The molecular weight excluding hydrogens is 192 g/mol. The fraction of sp³-hybridized carbons (Fsp3) is 0.909. The maximum absolute atomic E-state index is 11.6. The van der Waals surface area contributed by atoms with E-state index >= 15 is 0 Å². The van der Waals surface area contributed by atoms with E-state index in [9.17, 15) is 4.79 Å². The minimum Gasteiger partial charge on any atom is -0.369 e. The highest BCUT2D eigenvalue weighted by Gasteiger charge is 2.26. The van der Waals surface area contributed by atoms with Crippen molar-refractivity contribution in [1.29, 1.82) is 0 Å². The summed E-state index contributed by atoms with van der Waals surface area (Å²) in [6, 6.07) is 0.580. The van der Waals surface area contributed by atoms with Gasteiger partial charge in [0.1, 0.15) is 5.60 Å². The van der Waals surface area contributed by atoms with Gasteiger partial charge in [0.2, 0.25) is 0 Å². The number of hydrogen-bond acceptors (Lipinski definition) is 3. The monoisotopic (exact) mass is 214 g/mol. The van der Waals surface area contributed by atoms with Crippen molar-refractivity contribution in [3.8, 4) is 0 Å². The Morgan fingerprint density at radius 1 is 1.60 bits per heavy atom. The van der Waals surface area contributed by atoms with Crippen LogP contribution < -0.4 is 10.6 Å². The van der Waals surface area contributed by atoms with Crippen LogP contribution in [-0.2, 0) is 9.53 Å². The largest absolute Gasteiger partial charge is 0.369 e. The van der Waals surface area contributed by atoms with Crippen LogP contribution in [0, 0.1) is 0 Å². The third-order valence-corrected chi connectivity index (χ3v) is 3.00. The Labute approximate surface area is 91.8 Å². The first-order valence-electron chi connectivity index (χ1n) is 5.63. The minimum absolute atomic E-state index is 0.0389. The first kappa shape index (κ1) is 12.5. The predicted molar refractivity (Wildman–Crippen MR) is 59.7 cm³/mol. The summed E-state index contributed by atoms with van der Waals surface area (Å²) >= 11 is 0. The first-order chi connectivity index (χ1) is 7.06. The number of rotatable bonds is 5. The summed E-state index contributed by atoms with van der Waals surface area (Å²) in [6.07, 6.45) is 3.48. The number of hydrogen-bond donors (Lipinski definition) is 2. The lowest BCUT2D eigenvalue weighted by molar-refractivity contribution is -0.139. The van der Waals surface area contributed by atoms with Crippen LogP contribution in [0.15, 0.2) is 0 Å². The van der Waals surface area contributed by atoms with Gasteiger partial charge in [-0.05, 0) is 39.7 Å². The van der Waals surface area contributed by atoms with Gasteiger partial charge >= 0.3 is 0 Å². The molecule has 1 rings (SSSR count). The van der Waals surface area contributed by atoms with Crippen LogP contribution in [-0.4, -0.2) is 37.7 Å². The Kier molecular flexibility index (Phi) is 4.54. The number of amides is 1. The third-order valence-electron chi connectivity index (χ3n) is 3.00. The van der Waals surface area contributed by atoms with Gasteiger partial charge in [-0.3, -0.25) is 4.79 Å². The number of carbonyl (C=O) groups excluding carboxylic acids is 1. The molecule has 1 atom stereocenters. The van der Waals surface area contributed by atoms with Gasteiger partial charge < -0.3 is 15.4 Å². The van der Waals surface area contributed by atoms with E-state index in [1.54, 1.807) is 21.0 Å². The second kappa shape index (κ2) is 5.47. The van der Waals surface area contributed by atoms with Gasteiger partial charge in [-0.25, -0.2) is 0 Å². The predicted octanol–water partition coefficient (Wildman–Crippen LogP) is 0.670. The van der Waals surface area contributed by atoms with Gasteiger partial charge in [0, 0.05) is 19.7 Å². The topological polar surface area (TPSA) is 50.4 Å². The van der Waals surface area contributed by atoms with E-state index in [0.717, 1.165) is 19.5 Å². The zero-order valence-electron chi connectivity index (χ0n) is 9.93. The molecule has 88 valence electrons. The van der Waals surface area contributed by atoms with E-state index in [2.05, 4.69) is 10.6 Å². The lowest BCUT2D eigenvalue weighted by atomic mass is 10.1. The summed E-state index contributed by atoms with van der Waals surface area (Å²) in [5.74, 6) is -0.0389. The van der Waals surface area contributed by atoms with Crippen molar-refractivity contribution >= 4 is 5.91 Å². The lowest BCUT2D eigenvalue weighted by Gasteiger charge is -2.22. The van der Waals surface area contributed by atoms with Crippen LogP contribution in [0.3, 0.4) is 0 Å². The van der Waals surface area contributed by atoms with Crippen molar-refractivity contribution in [3.63, 3.8) is 0 Å². The molecule has 1 amide bonds. The molecule has 1 fully saturated rings. The van der Waals surface area contributed by atoms with Crippen LogP contribution in [0.2, 0.25) is 0 Å². The number of methoxy groups -OCH3 is 1. The van der Waals surface area contributed by atoms with Crippen LogP contribution in [0.1, 0.15) is 33.1 Å². The summed E-state index contributed by atoms with van der Waals surface area (Å²) in [5.41, 5.74) is -0.719. The summed E-state index contributed by atoms with van der Waals surface area (Å²) in [4.78, 5) is 11.6. The molecule has 1 aliphatic heterocycles. The minimum atomic E-state index is -0.719. The van der Waals surface area contributed by atoms with Crippen LogP contribution >= 0.6 is 0 Å². The van der Waals surface area contributed by atoms with Gasteiger partial charge in [-0.1, -0.05) is 0 Å². The molecule has 4 nitrogen and oxygen atoms in total. The first-order valence-corrected chi connectivity index (χ1v) is 5.63. The van der Waals surface area contributed by atoms with Crippen molar-refractivity contribution in [3.05, 3.63) is 0 Å². The molecule has 15 heavy (non-hydrogen) atoms. The van der Waals surface area contributed by atoms with E-state index < -0.39 is 5.60 Å². The highest BCUT2D eigenvalue weighted by molar-refractivity contribution is 5.84. The Balaban J connectivity index is 2.16. The Morgan fingerprint density at radius 2 is 2.33 bits per heavy atom. The molecule has 1 aliphatic rings. The molecule has 0 spiro atoms. The van der Waals surface area contributed by atoms with Crippen LogP contribution in [0.4, 0.5) is 0 Å². The van der Waals surface area contributed by atoms with Gasteiger partial charge in [0.05, 0.1) is 0 Å². The van der Waals surface area contributed by atoms with E-state index in [-0.39, 0.29) is 5.91 Å². The lowest BCUT2D eigenvalue weighted by Crippen LogP contribution is -2.44. The average Bonchev–Trinajstić information content (AvgIpc) is 2.70. The second-order valence-corrected chi connectivity index (χ2v) is 4.55. The maximum atomic E-state index is 11.6. The zero-order valence-corrected chi connectivity index (χ0v) is 9.93. The Morgan fingerprint density at radius 3 is 2.87 bits per heavy atom. The van der Waals surface area contributed by atoms with E-state index in [1.807, 2.05) is 0 Å². The van der Waals surface area contributed by atoms with Crippen molar-refractivity contribution < 1.29 is 9.53 Å². The smallest absolute Gasteiger partial charge is 0.251 e. The molecule has 1 heterocycles. The molecule has 1 saturated heterocycles. The molecule has 2 N–H and O–H groups in total. The van der Waals surface area contributed by atoms with Gasteiger partial charge in [-0.15, -0.1) is 0 Å². The zero-order chi connectivity index (χ0) is 11.3. The summed E-state index contributed by atoms with van der Waals surface area (Å²) in [5, 5.41) is 6.30. The average molecular weight is 214 g/mol. The molecule has 0 radical (unpaired) electrons. The summed E-state index contributed by atoms with van der Waals surface area (Å²) < 4.78 is 5.09. The molecule has 0 bridgehead atoms. The Hall–Kier alpha value is -0.610. The summed E-state index contributed by atoms with van der Waals surface area (Å²) in [7, 11) is 1.55. The van der Waals surface area contributed by atoms with Crippen molar-refractivity contribution in [2.24, 2.45) is 0 Å². The highest BCUT2D eigenvalue weighted by atomic mass is 16.5. The van der Waals surface area contributed by atoms with E-state index in [0.29, 0.717) is 6.04 Å². The number of nitrogens with one attached hydrogen (secondary N) is 2. The standard InChI is InChI=1S/C11H22N2O2/c1-11(2,15-3)10(14)13-8-6-9-5-4-7-12-9/h9,12H,4-8H2,1-3H3,(H,13,14)/t9-/m1/s1. The van der Waals surface area contributed by atoms with Crippen LogP contribution in [0.5, 0.6) is 0 Å². The molecule has 0 unspecified atom stereocenters. The quantitative estimate of drug-likeness (QED) is 0.707. The van der Waals surface area contributed by atoms with Gasteiger partial charge in [0.25, 0.3) is 5.91 Å². The van der Waals surface area contributed by atoms with Crippen molar-refractivity contribution in [2.75, 3.05) is 20.2 Å². The fourth-order valence-corrected chi connectivity index (χ4v) is 1.67. The van der Waals surface area contributed by atoms with Crippen LogP contribution in [0.25, 0.3) is 0 Å². The number of ether oxygens (including phenoxy) is 1. The summed E-state index contributed by atoms with van der Waals surface area (Å²) in [6.45, 7) is 5.39. The van der Waals surface area contributed by atoms with Gasteiger partial charge in [-0.2, -0.15) is 0 Å². The molecule has 0 aliphatic carbocycles. The molecule has 0 aromatic carbocycles. The third kappa shape index (κ3) is 3.80. The fourth-order valence-electron chi connectivity index (χ4n) is 1.67. The SMILES string of the molecule is COC(C)(C)C(=O)NCC[C@H]1CCCN1. The van der Waals surface area contributed by atoms with Gasteiger partial charge in [0.15, 0.2) is 0 Å². The maximum Gasteiger partial charge on any atom is 0.251 e. The molecule has 0 aromatic rings. The van der Waals surface area contributed by atoms with Crippen molar-refractivity contribution in [2.45, 2.75) is 44.8 Å². The molecule has 4 heteroatoms. The second-order valence-electron chi connectivity index (χ2n) is 4.55. The molecular formula is C11H22N2O2. The molecule has 0 saturated carbocycles. The number of carbonyl (C=O) groups is 1. The Bertz CT molecular complexity index is 211. The van der Waals surface area contributed by atoms with E-state index in [4.69, 9.17) is 4.74 Å². The normalized spacial score (nSPS) is 21.7. The highest BCUT2D eigenvalue weighted by Crippen LogP contribution is 2.09. The van der Waals surface area contributed by atoms with E-state index in [1.165, 1.54) is 12.8 Å².